The normalized spacial score (nSPS) is 9.47. The van der Waals surface area contributed by atoms with Crippen LogP contribution < -0.4 is 5.32 Å². The van der Waals surface area contributed by atoms with Gasteiger partial charge in [0.2, 0.25) is 5.91 Å². The lowest BCUT2D eigenvalue weighted by molar-refractivity contribution is -0.141. The van der Waals surface area contributed by atoms with Crippen LogP contribution in [0.2, 0.25) is 0 Å². The Kier molecular flexibility index (Phi) is 6.93. The Balaban J connectivity index is 3.64. The number of nitrogens with one attached hydrogen (secondary N) is 1. The third-order valence-corrected chi connectivity index (χ3v) is 1.70. The molecule has 0 aliphatic heterocycles. The highest BCUT2D eigenvalue weighted by Crippen LogP contribution is 1.89. The van der Waals surface area contributed by atoms with Gasteiger partial charge in [-0.25, -0.2) is 0 Å². The molecule has 0 aliphatic carbocycles. The van der Waals surface area contributed by atoms with Crippen molar-refractivity contribution in [1.29, 1.82) is 5.26 Å². The van der Waals surface area contributed by atoms with E-state index in [1.165, 1.54) is 7.11 Å². The van der Waals surface area contributed by atoms with E-state index in [0.717, 1.165) is 0 Å². The van der Waals surface area contributed by atoms with Gasteiger partial charge in [-0.05, 0) is 7.05 Å². The quantitative estimate of drug-likeness (QED) is 0.457. The van der Waals surface area contributed by atoms with Crippen LogP contribution in [0.15, 0.2) is 0 Å². The lowest BCUT2D eigenvalue weighted by Crippen LogP contribution is -2.36. The summed E-state index contributed by atoms with van der Waals surface area (Å²) in [6.07, 6.45) is 0.249. The van der Waals surface area contributed by atoms with Gasteiger partial charge in [0.25, 0.3) is 0 Å². The van der Waals surface area contributed by atoms with Gasteiger partial charge in [-0.1, -0.05) is 0 Å². The molecule has 0 aliphatic rings. The number of amides is 1. The molecule has 15 heavy (non-hydrogen) atoms. The van der Waals surface area contributed by atoms with Gasteiger partial charge in [-0.2, -0.15) is 5.26 Å². The van der Waals surface area contributed by atoms with Gasteiger partial charge in [-0.15, -0.1) is 0 Å². The molecule has 0 radical (unpaired) electrons. The number of ether oxygens (including phenoxy) is 1. The number of hydrogen-bond acceptors (Lipinski definition) is 5. The Labute approximate surface area is 88.8 Å². The standard InChI is InChI=1S/C9H15N3O3/c1-12(6-3-9(14)15-2)7-8(13)11-5-4-10/h3,5-7H2,1-2H3,(H,11,13). The first-order valence-corrected chi connectivity index (χ1v) is 4.49. The number of methoxy groups -OCH3 is 1. The number of esters is 1. The molecule has 0 saturated carbocycles. The first-order chi connectivity index (χ1) is 7.10. The maximum atomic E-state index is 11.1. The van der Waals surface area contributed by atoms with Gasteiger partial charge >= 0.3 is 5.97 Å². The number of nitrogens with zero attached hydrogens (tertiary/aromatic N) is 2. The van der Waals surface area contributed by atoms with Gasteiger partial charge in [0.05, 0.1) is 26.1 Å². The van der Waals surface area contributed by atoms with Crippen molar-refractivity contribution >= 4 is 11.9 Å². The minimum Gasteiger partial charge on any atom is -0.469 e. The summed E-state index contributed by atoms with van der Waals surface area (Å²) in [5.41, 5.74) is 0. The number of carbonyl (C=O) groups excluding carboxylic acids is 2. The minimum atomic E-state index is -0.306. The molecular formula is C9H15N3O3. The fraction of sp³-hybridized carbons (Fsp3) is 0.667. The van der Waals surface area contributed by atoms with Crippen molar-refractivity contribution in [3.8, 4) is 6.07 Å². The molecule has 1 amide bonds. The van der Waals surface area contributed by atoms with Crippen LogP contribution in [0, 0.1) is 11.3 Å². The van der Waals surface area contributed by atoms with Crippen LogP contribution in [-0.4, -0.2) is 50.6 Å². The van der Waals surface area contributed by atoms with Crippen molar-refractivity contribution in [1.82, 2.24) is 10.2 Å². The molecule has 0 fully saturated rings. The van der Waals surface area contributed by atoms with Crippen LogP contribution in [0.5, 0.6) is 0 Å². The highest BCUT2D eigenvalue weighted by molar-refractivity contribution is 5.78. The molecule has 0 aromatic rings. The first kappa shape index (κ1) is 13.4. The van der Waals surface area contributed by atoms with Gasteiger partial charge < -0.3 is 10.1 Å². The molecule has 6 nitrogen and oxygen atoms in total. The Hall–Kier alpha value is -1.61. The van der Waals surface area contributed by atoms with Crippen molar-refractivity contribution in [2.75, 3.05) is 33.8 Å². The van der Waals surface area contributed by atoms with Crippen LogP contribution in [0.1, 0.15) is 6.42 Å². The molecule has 0 saturated heterocycles. The predicted octanol–water partition coefficient (Wildman–Crippen LogP) is -0.879. The maximum Gasteiger partial charge on any atom is 0.306 e. The monoisotopic (exact) mass is 213 g/mol. The second-order valence-electron chi connectivity index (χ2n) is 3.00. The molecule has 0 atom stereocenters. The Morgan fingerprint density at radius 1 is 1.53 bits per heavy atom. The highest BCUT2D eigenvalue weighted by Gasteiger charge is 2.07. The van der Waals surface area contributed by atoms with E-state index in [1.807, 2.05) is 0 Å². The molecule has 0 bridgehead atoms. The van der Waals surface area contributed by atoms with E-state index in [0.29, 0.717) is 6.54 Å². The molecule has 0 rings (SSSR count). The summed E-state index contributed by atoms with van der Waals surface area (Å²) < 4.78 is 4.46. The van der Waals surface area contributed by atoms with Crippen molar-refractivity contribution < 1.29 is 14.3 Å². The van der Waals surface area contributed by atoms with Gasteiger partial charge in [0.15, 0.2) is 0 Å². The van der Waals surface area contributed by atoms with E-state index < -0.39 is 0 Å². The lowest BCUT2D eigenvalue weighted by atomic mass is 10.4. The van der Waals surface area contributed by atoms with Crippen LogP contribution in [-0.2, 0) is 14.3 Å². The number of rotatable bonds is 6. The fourth-order valence-electron chi connectivity index (χ4n) is 0.902. The molecule has 84 valence electrons. The zero-order chi connectivity index (χ0) is 11.7. The third kappa shape index (κ3) is 7.46. The van der Waals surface area contributed by atoms with Gasteiger partial charge in [0.1, 0.15) is 6.54 Å². The van der Waals surface area contributed by atoms with E-state index in [-0.39, 0.29) is 31.4 Å². The third-order valence-electron chi connectivity index (χ3n) is 1.70. The van der Waals surface area contributed by atoms with Crippen molar-refractivity contribution in [3.63, 3.8) is 0 Å². The van der Waals surface area contributed by atoms with Gasteiger partial charge in [0, 0.05) is 6.54 Å². The number of nitriles is 1. The molecular weight excluding hydrogens is 198 g/mol. The van der Waals surface area contributed by atoms with Gasteiger partial charge in [-0.3, -0.25) is 14.5 Å². The topological polar surface area (TPSA) is 82.4 Å². The summed E-state index contributed by atoms with van der Waals surface area (Å²) in [6.45, 7) is 0.620. The summed E-state index contributed by atoms with van der Waals surface area (Å²) in [7, 11) is 3.04. The smallest absolute Gasteiger partial charge is 0.306 e. The zero-order valence-electron chi connectivity index (χ0n) is 8.95. The average molecular weight is 213 g/mol. The van der Waals surface area contributed by atoms with Crippen molar-refractivity contribution in [2.45, 2.75) is 6.42 Å². The maximum absolute atomic E-state index is 11.1. The van der Waals surface area contributed by atoms with E-state index >= 15 is 0 Å². The van der Waals surface area contributed by atoms with E-state index in [9.17, 15) is 9.59 Å². The second-order valence-corrected chi connectivity index (χ2v) is 3.00. The first-order valence-electron chi connectivity index (χ1n) is 4.49. The summed E-state index contributed by atoms with van der Waals surface area (Å²) in [4.78, 5) is 23.6. The molecule has 6 heteroatoms. The van der Waals surface area contributed by atoms with Crippen LogP contribution in [0.4, 0.5) is 0 Å². The number of carbonyl (C=O) groups is 2. The van der Waals surface area contributed by atoms with Crippen LogP contribution in [0.3, 0.4) is 0 Å². The Morgan fingerprint density at radius 3 is 2.73 bits per heavy atom. The molecule has 0 aromatic carbocycles. The molecule has 1 N–H and O–H groups in total. The second kappa shape index (κ2) is 7.76. The molecule has 0 aromatic heterocycles. The van der Waals surface area contributed by atoms with Crippen molar-refractivity contribution in [3.05, 3.63) is 0 Å². The number of hydrogen-bond donors (Lipinski definition) is 1. The summed E-state index contributed by atoms with van der Waals surface area (Å²) in [5.74, 6) is -0.539. The lowest BCUT2D eigenvalue weighted by Gasteiger charge is -2.14. The zero-order valence-corrected chi connectivity index (χ0v) is 8.95. The van der Waals surface area contributed by atoms with Crippen molar-refractivity contribution in [2.24, 2.45) is 0 Å². The summed E-state index contributed by atoms with van der Waals surface area (Å²) >= 11 is 0. The fourth-order valence-corrected chi connectivity index (χ4v) is 0.902. The Bertz CT molecular complexity index is 260. The SMILES string of the molecule is COC(=O)CCN(C)CC(=O)NCC#N. The molecule has 0 heterocycles. The molecule has 0 unspecified atom stereocenters. The number of likely N-dealkylation sites (N-methyl/N-ethyl adjacent to an activating group) is 1. The highest BCUT2D eigenvalue weighted by atomic mass is 16.5. The van der Waals surface area contributed by atoms with Crippen LogP contribution in [0.25, 0.3) is 0 Å². The van der Waals surface area contributed by atoms with E-state index in [4.69, 9.17) is 5.26 Å². The average Bonchev–Trinajstić information content (AvgIpc) is 2.22. The van der Waals surface area contributed by atoms with E-state index in [1.54, 1.807) is 18.0 Å². The largest absolute Gasteiger partial charge is 0.469 e. The summed E-state index contributed by atoms with van der Waals surface area (Å²) in [6, 6.07) is 1.81. The molecule has 0 spiro atoms. The predicted molar refractivity (Wildman–Crippen MR) is 52.8 cm³/mol. The van der Waals surface area contributed by atoms with Crippen LogP contribution >= 0.6 is 0 Å². The Morgan fingerprint density at radius 2 is 2.20 bits per heavy atom. The summed E-state index contributed by atoms with van der Waals surface area (Å²) in [5, 5.41) is 10.6. The van der Waals surface area contributed by atoms with E-state index in [2.05, 4.69) is 10.1 Å². The minimum absolute atomic E-state index is 0.00365.